The molecule has 1 saturated carbocycles. The van der Waals surface area contributed by atoms with Crippen molar-refractivity contribution in [3.05, 3.63) is 28.8 Å². The molecule has 84 valence electrons. The Balaban J connectivity index is 2.00. The Morgan fingerprint density at radius 2 is 2.25 bits per heavy atom. The lowest BCUT2D eigenvalue weighted by Crippen LogP contribution is -2.35. The van der Waals surface area contributed by atoms with E-state index < -0.39 is 0 Å². The van der Waals surface area contributed by atoms with Crippen LogP contribution in [0.15, 0.2) is 18.2 Å². The number of aryl methyl sites for hydroxylation is 1. The van der Waals surface area contributed by atoms with Crippen LogP contribution in [-0.4, -0.2) is 6.54 Å². The van der Waals surface area contributed by atoms with Crippen LogP contribution in [0.3, 0.4) is 0 Å². The molecule has 16 heavy (non-hydrogen) atoms. The van der Waals surface area contributed by atoms with Gasteiger partial charge in [-0.3, -0.25) is 0 Å². The molecule has 1 aliphatic rings. The van der Waals surface area contributed by atoms with Crippen molar-refractivity contribution in [2.75, 3.05) is 11.9 Å². The molecule has 1 aliphatic carbocycles. The molecule has 0 radical (unpaired) electrons. The Morgan fingerprint density at radius 3 is 2.75 bits per heavy atom. The maximum absolute atomic E-state index is 9.10. The standard InChI is InChI=1S/C13H15ClN2/c1-10-3-4-11(7-12(10)14)16-9-13(8-15)5-2-6-13/h3-4,7,16H,2,5-6,9H2,1H3. The topological polar surface area (TPSA) is 35.8 Å². The highest BCUT2D eigenvalue weighted by atomic mass is 35.5. The van der Waals surface area contributed by atoms with E-state index in [1.165, 1.54) is 6.42 Å². The fraction of sp³-hybridized carbons (Fsp3) is 0.462. The first-order chi connectivity index (χ1) is 7.65. The van der Waals surface area contributed by atoms with Crippen LogP contribution < -0.4 is 5.32 Å². The molecule has 0 atom stereocenters. The minimum atomic E-state index is -0.142. The van der Waals surface area contributed by atoms with Gasteiger partial charge in [-0.2, -0.15) is 5.26 Å². The van der Waals surface area contributed by atoms with Crippen molar-refractivity contribution in [2.24, 2.45) is 5.41 Å². The smallest absolute Gasteiger partial charge is 0.0746 e. The van der Waals surface area contributed by atoms with Gasteiger partial charge in [0, 0.05) is 17.3 Å². The minimum Gasteiger partial charge on any atom is -0.383 e. The van der Waals surface area contributed by atoms with E-state index >= 15 is 0 Å². The van der Waals surface area contributed by atoms with Crippen molar-refractivity contribution in [3.8, 4) is 6.07 Å². The summed E-state index contributed by atoms with van der Waals surface area (Å²) < 4.78 is 0. The number of nitrogens with zero attached hydrogens (tertiary/aromatic N) is 1. The molecule has 0 unspecified atom stereocenters. The summed E-state index contributed by atoms with van der Waals surface area (Å²) in [6.07, 6.45) is 3.19. The van der Waals surface area contributed by atoms with E-state index in [2.05, 4.69) is 11.4 Å². The van der Waals surface area contributed by atoms with Crippen LogP contribution in [0.25, 0.3) is 0 Å². The number of benzene rings is 1. The van der Waals surface area contributed by atoms with E-state index in [0.717, 1.165) is 35.7 Å². The van der Waals surface area contributed by atoms with Gasteiger partial charge < -0.3 is 5.32 Å². The largest absolute Gasteiger partial charge is 0.383 e. The molecule has 2 rings (SSSR count). The second-order valence-electron chi connectivity index (χ2n) is 4.56. The second-order valence-corrected chi connectivity index (χ2v) is 4.97. The molecular weight excluding hydrogens is 220 g/mol. The molecule has 0 aromatic heterocycles. The number of anilines is 1. The summed E-state index contributed by atoms with van der Waals surface area (Å²) in [4.78, 5) is 0. The summed E-state index contributed by atoms with van der Waals surface area (Å²) in [6.45, 7) is 2.71. The molecule has 0 amide bonds. The van der Waals surface area contributed by atoms with Crippen LogP contribution in [0.1, 0.15) is 24.8 Å². The first-order valence-electron chi connectivity index (χ1n) is 5.56. The van der Waals surface area contributed by atoms with Gasteiger partial charge in [0.2, 0.25) is 0 Å². The third-order valence-corrected chi connectivity index (χ3v) is 3.76. The average molecular weight is 235 g/mol. The summed E-state index contributed by atoms with van der Waals surface area (Å²) in [5, 5.41) is 13.2. The molecular formula is C13H15ClN2. The molecule has 2 nitrogen and oxygen atoms in total. The highest BCUT2D eigenvalue weighted by Crippen LogP contribution is 2.40. The molecule has 1 aromatic carbocycles. The van der Waals surface area contributed by atoms with Gasteiger partial charge in [0.25, 0.3) is 0 Å². The normalized spacial score (nSPS) is 17.3. The molecule has 0 saturated heterocycles. The summed E-state index contributed by atoms with van der Waals surface area (Å²) in [5.41, 5.74) is 1.93. The second kappa shape index (κ2) is 4.35. The molecule has 1 fully saturated rings. The summed E-state index contributed by atoms with van der Waals surface area (Å²) in [7, 11) is 0. The van der Waals surface area contributed by atoms with Gasteiger partial charge >= 0.3 is 0 Å². The minimum absolute atomic E-state index is 0.142. The maximum Gasteiger partial charge on any atom is 0.0746 e. The Bertz CT molecular complexity index is 430. The Morgan fingerprint density at radius 1 is 1.50 bits per heavy atom. The monoisotopic (exact) mass is 234 g/mol. The predicted octanol–water partition coefficient (Wildman–Crippen LogP) is 3.75. The molecule has 1 N–H and O–H groups in total. The first kappa shape index (κ1) is 11.3. The zero-order chi connectivity index (χ0) is 11.6. The van der Waals surface area contributed by atoms with Gasteiger partial charge in [0.15, 0.2) is 0 Å². The fourth-order valence-electron chi connectivity index (χ4n) is 1.91. The van der Waals surface area contributed by atoms with E-state index in [-0.39, 0.29) is 5.41 Å². The van der Waals surface area contributed by atoms with E-state index in [0.29, 0.717) is 0 Å². The van der Waals surface area contributed by atoms with Crippen LogP contribution in [-0.2, 0) is 0 Å². The van der Waals surface area contributed by atoms with Gasteiger partial charge in [-0.1, -0.05) is 24.1 Å². The molecule has 0 aliphatic heterocycles. The Kier molecular flexibility index (Phi) is 3.07. The highest BCUT2D eigenvalue weighted by molar-refractivity contribution is 6.31. The van der Waals surface area contributed by atoms with Crippen molar-refractivity contribution in [1.29, 1.82) is 5.26 Å². The van der Waals surface area contributed by atoms with E-state index in [4.69, 9.17) is 16.9 Å². The maximum atomic E-state index is 9.10. The summed E-state index contributed by atoms with van der Waals surface area (Å²) in [5.74, 6) is 0. The quantitative estimate of drug-likeness (QED) is 0.865. The van der Waals surface area contributed by atoms with Crippen LogP contribution in [0.2, 0.25) is 5.02 Å². The number of hydrogen-bond acceptors (Lipinski definition) is 2. The van der Waals surface area contributed by atoms with Crippen LogP contribution in [0, 0.1) is 23.7 Å². The lowest BCUT2D eigenvalue weighted by atomic mass is 9.70. The number of nitrogens with one attached hydrogen (secondary N) is 1. The molecule has 3 heteroatoms. The third-order valence-electron chi connectivity index (χ3n) is 3.35. The van der Waals surface area contributed by atoms with Crippen molar-refractivity contribution in [1.82, 2.24) is 0 Å². The SMILES string of the molecule is Cc1ccc(NCC2(C#N)CCC2)cc1Cl. The van der Waals surface area contributed by atoms with Crippen molar-refractivity contribution < 1.29 is 0 Å². The first-order valence-corrected chi connectivity index (χ1v) is 5.94. The van der Waals surface area contributed by atoms with Crippen molar-refractivity contribution in [2.45, 2.75) is 26.2 Å². The summed E-state index contributed by atoms with van der Waals surface area (Å²) >= 11 is 6.04. The van der Waals surface area contributed by atoms with Gasteiger partial charge in [-0.25, -0.2) is 0 Å². The van der Waals surface area contributed by atoms with Gasteiger partial charge in [0.1, 0.15) is 0 Å². The van der Waals surface area contributed by atoms with Crippen LogP contribution >= 0.6 is 11.6 Å². The van der Waals surface area contributed by atoms with Gasteiger partial charge in [-0.15, -0.1) is 0 Å². The third kappa shape index (κ3) is 2.15. The fourth-order valence-corrected chi connectivity index (χ4v) is 2.09. The molecule has 0 spiro atoms. The van der Waals surface area contributed by atoms with Gasteiger partial charge in [0.05, 0.1) is 11.5 Å². The van der Waals surface area contributed by atoms with Crippen molar-refractivity contribution >= 4 is 17.3 Å². The Hall–Kier alpha value is -1.20. The number of halogens is 1. The number of rotatable bonds is 3. The summed E-state index contributed by atoms with van der Waals surface area (Å²) in [6, 6.07) is 8.33. The molecule has 0 heterocycles. The molecule has 1 aromatic rings. The zero-order valence-electron chi connectivity index (χ0n) is 9.39. The average Bonchev–Trinajstić information content (AvgIpc) is 2.22. The number of hydrogen-bond donors (Lipinski definition) is 1. The lowest BCUT2D eigenvalue weighted by Gasteiger charge is -2.35. The van der Waals surface area contributed by atoms with E-state index in [9.17, 15) is 0 Å². The highest BCUT2D eigenvalue weighted by Gasteiger charge is 2.36. The zero-order valence-corrected chi connectivity index (χ0v) is 10.1. The predicted molar refractivity (Wildman–Crippen MR) is 66.6 cm³/mol. The van der Waals surface area contributed by atoms with Crippen LogP contribution in [0.4, 0.5) is 5.69 Å². The van der Waals surface area contributed by atoms with Crippen LogP contribution in [0.5, 0.6) is 0 Å². The van der Waals surface area contributed by atoms with E-state index in [1.807, 2.05) is 25.1 Å². The lowest BCUT2D eigenvalue weighted by molar-refractivity contribution is 0.233. The molecule has 0 bridgehead atoms. The number of nitriles is 1. The Labute approximate surface area is 101 Å². The van der Waals surface area contributed by atoms with Crippen molar-refractivity contribution in [3.63, 3.8) is 0 Å². The van der Waals surface area contributed by atoms with E-state index in [1.54, 1.807) is 0 Å². The van der Waals surface area contributed by atoms with Gasteiger partial charge in [-0.05, 0) is 37.5 Å².